The molecule has 0 saturated heterocycles. The molecular weight excluding hydrogens is 220 g/mol. The van der Waals surface area contributed by atoms with E-state index in [0.717, 1.165) is 0 Å². The minimum Gasteiger partial charge on any atom is -0.481 e. The molecule has 0 spiro atoms. The summed E-state index contributed by atoms with van der Waals surface area (Å²) in [7, 11) is 0. The van der Waals surface area contributed by atoms with E-state index in [-0.39, 0.29) is 5.92 Å². The van der Waals surface area contributed by atoms with Crippen molar-refractivity contribution < 1.29 is 19.8 Å². The Labute approximate surface area is 102 Å². The van der Waals surface area contributed by atoms with E-state index in [4.69, 9.17) is 5.11 Å². The molecule has 0 heterocycles. The maximum absolute atomic E-state index is 11.3. The van der Waals surface area contributed by atoms with Crippen LogP contribution in [0.2, 0.25) is 0 Å². The van der Waals surface area contributed by atoms with Crippen molar-refractivity contribution in [2.24, 2.45) is 11.8 Å². The van der Waals surface area contributed by atoms with Gasteiger partial charge in [0.1, 0.15) is 5.92 Å². The van der Waals surface area contributed by atoms with Crippen molar-refractivity contribution in [2.45, 2.75) is 33.3 Å². The smallest absolute Gasteiger partial charge is 0.314 e. The lowest BCUT2D eigenvalue weighted by molar-refractivity contribution is -0.144. The number of rotatable bonds is 7. The molecule has 0 aliphatic carbocycles. The zero-order valence-corrected chi connectivity index (χ0v) is 10.5. The first-order chi connectivity index (χ1) is 7.90. The lowest BCUT2D eigenvalue weighted by Gasteiger charge is -2.11. The molecule has 0 amide bonds. The second-order valence-electron chi connectivity index (χ2n) is 4.04. The lowest BCUT2D eigenvalue weighted by Crippen LogP contribution is -2.18. The number of aliphatic hydroxyl groups excluding tert-OH is 1. The molecule has 4 heteroatoms. The molecule has 0 saturated carbocycles. The quantitative estimate of drug-likeness (QED) is 0.404. The summed E-state index contributed by atoms with van der Waals surface area (Å²) >= 11 is 0. The number of aliphatic carboxylic acids is 1. The Balaban J connectivity index is 4.24. The van der Waals surface area contributed by atoms with Gasteiger partial charge in [0.25, 0.3) is 0 Å². The Morgan fingerprint density at radius 2 is 1.82 bits per heavy atom. The van der Waals surface area contributed by atoms with Gasteiger partial charge in [0.05, 0.1) is 6.10 Å². The van der Waals surface area contributed by atoms with Crippen LogP contribution in [0, 0.1) is 11.8 Å². The van der Waals surface area contributed by atoms with E-state index < -0.39 is 23.8 Å². The highest BCUT2D eigenvalue weighted by molar-refractivity contribution is 6.04. The molecule has 0 aromatic carbocycles. The van der Waals surface area contributed by atoms with Crippen molar-refractivity contribution in [3.63, 3.8) is 0 Å². The van der Waals surface area contributed by atoms with Crippen LogP contribution in [-0.4, -0.2) is 28.1 Å². The molecule has 96 valence electrons. The molecule has 0 aliphatic heterocycles. The summed E-state index contributed by atoms with van der Waals surface area (Å²) in [6.45, 7) is 5.12. The van der Waals surface area contributed by atoms with Crippen LogP contribution >= 0.6 is 0 Å². The van der Waals surface area contributed by atoms with Crippen LogP contribution in [0.5, 0.6) is 0 Å². The minimum absolute atomic E-state index is 0.0108. The van der Waals surface area contributed by atoms with Crippen LogP contribution in [0.15, 0.2) is 24.3 Å². The first kappa shape index (κ1) is 15.6. The van der Waals surface area contributed by atoms with Crippen LogP contribution in [-0.2, 0) is 9.59 Å². The largest absolute Gasteiger partial charge is 0.481 e. The van der Waals surface area contributed by atoms with Gasteiger partial charge >= 0.3 is 5.97 Å². The van der Waals surface area contributed by atoms with Gasteiger partial charge in [-0.15, -0.1) is 0 Å². The SMILES string of the molecule is CC[C@@H](O)[C@@H](C)/C=C/C=C/C(=O)[C@H](C)C(=O)O. The third-order valence-electron chi connectivity index (χ3n) is 2.61. The molecule has 0 aliphatic rings. The molecule has 2 N–H and O–H groups in total. The zero-order chi connectivity index (χ0) is 13.4. The summed E-state index contributed by atoms with van der Waals surface area (Å²) in [6.07, 6.45) is 6.44. The van der Waals surface area contributed by atoms with Gasteiger partial charge in [-0.05, 0) is 19.4 Å². The Kier molecular flexibility index (Phi) is 7.14. The molecule has 0 bridgehead atoms. The molecule has 3 atom stereocenters. The normalized spacial score (nSPS) is 17.2. The number of carboxylic acids is 1. The van der Waals surface area contributed by atoms with Crippen LogP contribution in [0.3, 0.4) is 0 Å². The second kappa shape index (κ2) is 7.79. The Morgan fingerprint density at radius 3 is 2.29 bits per heavy atom. The standard InChI is InChI=1S/C13H20O4/c1-4-11(14)9(2)7-5-6-8-12(15)10(3)13(16)17/h5-11,14H,4H2,1-3H3,(H,16,17)/b7-5+,8-6+/t9-,10-,11+/m0/s1. The third-order valence-corrected chi connectivity index (χ3v) is 2.61. The first-order valence-corrected chi connectivity index (χ1v) is 5.69. The monoisotopic (exact) mass is 240 g/mol. The summed E-state index contributed by atoms with van der Waals surface area (Å²) in [5, 5.41) is 18.1. The Hall–Kier alpha value is -1.42. The van der Waals surface area contributed by atoms with Crippen molar-refractivity contribution >= 4 is 11.8 Å². The summed E-state index contributed by atoms with van der Waals surface area (Å²) in [6, 6.07) is 0. The van der Waals surface area contributed by atoms with Gasteiger partial charge in [0, 0.05) is 5.92 Å². The van der Waals surface area contributed by atoms with Gasteiger partial charge in [0.15, 0.2) is 5.78 Å². The number of hydrogen-bond donors (Lipinski definition) is 2. The van der Waals surface area contributed by atoms with Crippen LogP contribution in [0.25, 0.3) is 0 Å². The molecule has 0 rings (SSSR count). The van der Waals surface area contributed by atoms with Crippen molar-refractivity contribution in [3.05, 3.63) is 24.3 Å². The molecule has 0 aromatic heterocycles. The summed E-state index contributed by atoms with van der Waals surface area (Å²) in [5.74, 6) is -2.57. The van der Waals surface area contributed by atoms with E-state index >= 15 is 0 Å². The molecular formula is C13H20O4. The number of ketones is 1. The predicted octanol–water partition coefficient (Wildman–Crippen LogP) is 1.80. The van der Waals surface area contributed by atoms with E-state index in [1.54, 1.807) is 12.2 Å². The number of carboxylic acid groups (broad SMARTS) is 1. The number of hydrogen-bond acceptors (Lipinski definition) is 3. The molecule has 0 unspecified atom stereocenters. The first-order valence-electron chi connectivity index (χ1n) is 5.69. The van der Waals surface area contributed by atoms with Crippen LogP contribution < -0.4 is 0 Å². The fourth-order valence-corrected chi connectivity index (χ4v) is 1.16. The number of carbonyl (C=O) groups excluding carboxylic acids is 1. The van der Waals surface area contributed by atoms with E-state index in [0.29, 0.717) is 6.42 Å². The highest BCUT2D eigenvalue weighted by Gasteiger charge is 2.17. The van der Waals surface area contributed by atoms with Crippen molar-refractivity contribution in [2.75, 3.05) is 0 Å². The van der Waals surface area contributed by atoms with Crippen molar-refractivity contribution in [3.8, 4) is 0 Å². The summed E-state index contributed by atoms with van der Waals surface area (Å²) in [5.41, 5.74) is 0. The van der Waals surface area contributed by atoms with Gasteiger partial charge in [-0.25, -0.2) is 0 Å². The Bertz CT molecular complexity index is 317. The van der Waals surface area contributed by atoms with Gasteiger partial charge < -0.3 is 10.2 Å². The topological polar surface area (TPSA) is 74.6 Å². The molecule has 4 nitrogen and oxygen atoms in total. The van der Waals surface area contributed by atoms with Gasteiger partial charge in [-0.3, -0.25) is 9.59 Å². The fourth-order valence-electron chi connectivity index (χ4n) is 1.16. The molecule has 0 fully saturated rings. The van der Waals surface area contributed by atoms with E-state index in [2.05, 4.69) is 0 Å². The second-order valence-corrected chi connectivity index (χ2v) is 4.04. The van der Waals surface area contributed by atoms with E-state index in [1.165, 1.54) is 19.1 Å². The van der Waals surface area contributed by atoms with E-state index in [1.807, 2.05) is 13.8 Å². The average molecular weight is 240 g/mol. The fraction of sp³-hybridized carbons (Fsp3) is 0.538. The minimum atomic E-state index is -1.13. The molecule has 17 heavy (non-hydrogen) atoms. The predicted molar refractivity (Wildman–Crippen MR) is 65.5 cm³/mol. The zero-order valence-electron chi connectivity index (χ0n) is 10.5. The van der Waals surface area contributed by atoms with Crippen LogP contribution in [0.1, 0.15) is 27.2 Å². The maximum Gasteiger partial charge on any atom is 0.314 e. The van der Waals surface area contributed by atoms with Crippen molar-refractivity contribution in [1.29, 1.82) is 0 Å². The number of allylic oxidation sites excluding steroid dienone is 3. The average Bonchev–Trinajstić information content (AvgIpc) is 2.31. The maximum atomic E-state index is 11.3. The highest BCUT2D eigenvalue weighted by Crippen LogP contribution is 2.08. The molecule has 0 aromatic rings. The molecule has 0 radical (unpaired) electrons. The van der Waals surface area contributed by atoms with E-state index in [9.17, 15) is 14.7 Å². The third kappa shape index (κ3) is 6.02. The van der Waals surface area contributed by atoms with Gasteiger partial charge in [-0.1, -0.05) is 32.1 Å². The van der Waals surface area contributed by atoms with Gasteiger partial charge in [-0.2, -0.15) is 0 Å². The van der Waals surface area contributed by atoms with Crippen LogP contribution in [0.4, 0.5) is 0 Å². The van der Waals surface area contributed by atoms with Gasteiger partial charge in [0.2, 0.25) is 0 Å². The highest BCUT2D eigenvalue weighted by atomic mass is 16.4. The summed E-state index contributed by atoms with van der Waals surface area (Å²) < 4.78 is 0. The van der Waals surface area contributed by atoms with Crippen molar-refractivity contribution in [1.82, 2.24) is 0 Å². The number of aliphatic hydroxyl groups is 1. The Morgan fingerprint density at radius 1 is 1.24 bits per heavy atom. The number of carbonyl (C=O) groups is 2. The summed E-state index contributed by atoms with van der Waals surface area (Å²) in [4.78, 5) is 21.8. The lowest BCUT2D eigenvalue weighted by atomic mass is 10.0.